The molecule has 2 atom stereocenters. The smallest absolute Gasteiger partial charge is 0.267 e. The van der Waals surface area contributed by atoms with Crippen LogP contribution in [0.5, 0.6) is 0 Å². The standard InChI is InChI=1S/C27H28N4O3S2/c1-17-8-7-12-30-23(17)28-24(29-15-18(2)34-19(3)16-29)21(25(30)32)14-22-26(33)31(27(35)36-22)13-11-20-9-5-4-6-10-20/h4-10,12,14,18-19H,11,13,15-16H2,1-3H3/b22-14+/t18-,19-/m0/s1. The number of carbonyl (C=O) groups excluding carboxylic acids is 1. The number of hydrogen-bond donors (Lipinski definition) is 0. The number of rotatable bonds is 5. The van der Waals surface area contributed by atoms with Crippen LogP contribution in [0.1, 0.15) is 30.5 Å². The molecule has 186 valence electrons. The van der Waals surface area contributed by atoms with Gasteiger partial charge in [-0.25, -0.2) is 4.98 Å². The van der Waals surface area contributed by atoms with Crippen molar-refractivity contribution < 1.29 is 9.53 Å². The molecule has 2 aromatic heterocycles. The van der Waals surface area contributed by atoms with Crippen molar-refractivity contribution in [3.8, 4) is 0 Å². The average molecular weight is 521 g/mol. The lowest BCUT2D eigenvalue weighted by Crippen LogP contribution is -2.46. The number of ether oxygens (including phenoxy) is 1. The highest BCUT2D eigenvalue weighted by Gasteiger charge is 2.33. The van der Waals surface area contributed by atoms with E-state index < -0.39 is 0 Å². The topological polar surface area (TPSA) is 67.2 Å². The van der Waals surface area contributed by atoms with Gasteiger partial charge in [-0.3, -0.25) is 18.9 Å². The van der Waals surface area contributed by atoms with E-state index in [9.17, 15) is 9.59 Å². The first-order chi connectivity index (χ1) is 17.3. The Labute approximate surface area is 219 Å². The van der Waals surface area contributed by atoms with Gasteiger partial charge in [-0.2, -0.15) is 0 Å². The van der Waals surface area contributed by atoms with Gasteiger partial charge < -0.3 is 9.64 Å². The maximum Gasteiger partial charge on any atom is 0.267 e. The molecule has 2 aliphatic heterocycles. The van der Waals surface area contributed by atoms with Crippen LogP contribution in [0.2, 0.25) is 0 Å². The number of carbonyl (C=O) groups is 1. The number of thiocarbonyl (C=S) groups is 1. The molecule has 0 saturated carbocycles. The first kappa shape index (κ1) is 24.7. The molecule has 0 unspecified atom stereocenters. The van der Waals surface area contributed by atoms with Gasteiger partial charge in [0.2, 0.25) is 0 Å². The van der Waals surface area contributed by atoms with Gasteiger partial charge in [0.15, 0.2) is 0 Å². The molecule has 2 aliphatic rings. The maximum absolute atomic E-state index is 13.7. The van der Waals surface area contributed by atoms with E-state index in [0.29, 0.717) is 52.3 Å². The predicted octanol–water partition coefficient (Wildman–Crippen LogP) is 4.06. The van der Waals surface area contributed by atoms with Gasteiger partial charge in [0.25, 0.3) is 11.5 Å². The Kier molecular flexibility index (Phi) is 6.96. The van der Waals surface area contributed by atoms with Crippen molar-refractivity contribution in [1.82, 2.24) is 14.3 Å². The van der Waals surface area contributed by atoms with Crippen molar-refractivity contribution in [3.63, 3.8) is 0 Å². The van der Waals surface area contributed by atoms with Gasteiger partial charge in [-0.05, 0) is 50.5 Å². The fourth-order valence-electron chi connectivity index (χ4n) is 4.73. The first-order valence-electron chi connectivity index (χ1n) is 12.0. The number of nitrogens with zero attached hydrogens (tertiary/aromatic N) is 4. The third kappa shape index (κ3) is 4.83. The van der Waals surface area contributed by atoms with Crippen molar-refractivity contribution in [2.45, 2.75) is 39.4 Å². The third-order valence-corrected chi connectivity index (χ3v) is 7.78. The molecule has 3 aromatic rings. The summed E-state index contributed by atoms with van der Waals surface area (Å²) in [6.07, 6.45) is 4.08. The lowest BCUT2D eigenvalue weighted by Gasteiger charge is -2.36. The van der Waals surface area contributed by atoms with Crippen LogP contribution >= 0.6 is 24.0 Å². The molecule has 1 amide bonds. The van der Waals surface area contributed by atoms with E-state index in [2.05, 4.69) is 4.90 Å². The molecule has 0 aliphatic carbocycles. The minimum absolute atomic E-state index is 0.00470. The normalized spacial score (nSPS) is 21.7. The summed E-state index contributed by atoms with van der Waals surface area (Å²) in [4.78, 5) is 36.2. The Hall–Kier alpha value is -3.01. The number of amides is 1. The minimum atomic E-state index is -0.208. The number of fused-ring (bicyclic) bond motifs is 1. The number of hydrogen-bond acceptors (Lipinski definition) is 7. The first-order valence-corrected chi connectivity index (χ1v) is 13.3. The Morgan fingerprint density at radius 3 is 2.56 bits per heavy atom. The lowest BCUT2D eigenvalue weighted by atomic mass is 10.1. The van der Waals surface area contributed by atoms with Gasteiger partial charge in [-0.15, -0.1) is 0 Å². The number of morpholine rings is 1. The highest BCUT2D eigenvalue weighted by atomic mass is 32.2. The number of aromatic nitrogens is 2. The van der Waals surface area contributed by atoms with Crippen molar-refractivity contribution in [2.75, 3.05) is 24.5 Å². The molecule has 2 saturated heterocycles. The van der Waals surface area contributed by atoms with Gasteiger partial charge in [0.05, 0.1) is 22.7 Å². The summed E-state index contributed by atoms with van der Waals surface area (Å²) >= 11 is 6.78. The molecule has 0 spiro atoms. The summed E-state index contributed by atoms with van der Waals surface area (Å²) in [5.41, 5.74) is 2.84. The Bertz CT molecular complexity index is 1410. The van der Waals surface area contributed by atoms with E-state index >= 15 is 0 Å². The largest absolute Gasteiger partial charge is 0.372 e. The monoisotopic (exact) mass is 520 g/mol. The molecule has 4 heterocycles. The van der Waals surface area contributed by atoms with Crippen molar-refractivity contribution in [2.24, 2.45) is 0 Å². The Morgan fingerprint density at radius 1 is 1.11 bits per heavy atom. The fourth-order valence-corrected chi connectivity index (χ4v) is 6.02. The zero-order valence-corrected chi connectivity index (χ0v) is 22.1. The van der Waals surface area contributed by atoms with Crippen LogP contribution in [0, 0.1) is 6.92 Å². The van der Waals surface area contributed by atoms with Crippen LogP contribution in [0.15, 0.2) is 58.4 Å². The van der Waals surface area contributed by atoms with E-state index in [4.69, 9.17) is 21.9 Å². The molecular weight excluding hydrogens is 492 g/mol. The van der Waals surface area contributed by atoms with Crippen LogP contribution in [-0.4, -0.2) is 56.4 Å². The quantitative estimate of drug-likeness (QED) is 0.371. The maximum atomic E-state index is 13.7. The zero-order valence-electron chi connectivity index (χ0n) is 20.5. The summed E-state index contributed by atoms with van der Waals surface area (Å²) < 4.78 is 7.96. The number of aryl methyl sites for hydroxylation is 1. The Balaban J connectivity index is 1.54. The minimum Gasteiger partial charge on any atom is -0.372 e. The van der Waals surface area contributed by atoms with Gasteiger partial charge in [0.1, 0.15) is 15.8 Å². The fraction of sp³-hybridized carbons (Fsp3) is 0.333. The van der Waals surface area contributed by atoms with E-state index in [0.717, 1.165) is 11.1 Å². The number of anilines is 1. The second-order valence-corrected chi connectivity index (χ2v) is 10.9. The van der Waals surface area contributed by atoms with Gasteiger partial charge in [-0.1, -0.05) is 60.4 Å². The number of thioether (sulfide) groups is 1. The Morgan fingerprint density at radius 2 is 1.83 bits per heavy atom. The van der Waals surface area contributed by atoms with E-state index in [1.165, 1.54) is 11.8 Å². The van der Waals surface area contributed by atoms with Crippen LogP contribution in [-0.2, 0) is 16.0 Å². The van der Waals surface area contributed by atoms with Crippen molar-refractivity contribution in [1.29, 1.82) is 0 Å². The summed E-state index contributed by atoms with van der Waals surface area (Å²) in [6.45, 7) is 7.67. The van der Waals surface area contributed by atoms with Gasteiger partial charge in [0, 0.05) is 25.8 Å². The summed E-state index contributed by atoms with van der Waals surface area (Å²) in [6, 6.07) is 13.8. The van der Waals surface area contributed by atoms with Crippen LogP contribution in [0.4, 0.5) is 5.82 Å². The molecule has 0 radical (unpaired) electrons. The molecule has 7 nitrogen and oxygen atoms in total. The molecule has 1 aromatic carbocycles. The van der Waals surface area contributed by atoms with Crippen LogP contribution in [0.25, 0.3) is 11.7 Å². The molecule has 0 bridgehead atoms. The molecule has 5 rings (SSSR count). The SMILES string of the molecule is Cc1cccn2c(=O)c(/C=C3/SC(=S)N(CCc4ccccc4)C3=O)c(N3C[C@H](C)O[C@@H](C)C3)nc12. The zero-order chi connectivity index (χ0) is 25.4. The van der Waals surface area contributed by atoms with Crippen molar-refractivity contribution in [3.05, 3.63) is 80.6 Å². The molecule has 2 fully saturated rings. The average Bonchev–Trinajstić information content (AvgIpc) is 3.11. The second kappa shape index (κ2) is 10.2. The van der Waals surface area contributed by atoms with E-state index in [-0.39, 0.29) is 23.7 Å². The third-order valence-electron chi connectivity index (χ3n) is 6.40. The summed E-state index contributed by atoms with van der Waals surface area (Å²) in [5, 5.41) is 0. The van der Waals surface area contributed by atoms with Crippen LogP contribution < -0.4 is 10.5 Å². The summed E-state index contributed by atoms with van der Waals surface area (Å²) in [7, 11) is 0. The van der Waals surface area contributed by atoms with E-state index in [1.807, 2.05) is 63.2 Å². The molecular formula is C27H28N4O3S2. The van der Waals surface area contributed by atoms with E-state index in [1.54, 1.807) is 21.6 Å². The second-order valence-electron chi connectivity index (χ2n) is 9.27. The van der Waals surface area contributed by atoms with Crippen LogP contribution in [0.3, 0.4) is 0 Å². The lowest BCUT2D eigenvalue weighted by molar-refractivity contribution is -0.122. The van der Waals surface area contributed by atoms with Crippen molar-refractivity contribution >= 4 is 51.7 Å². The highest BCUT2D eigenvalue weighted by Crippen LogP contribution is 2.34. The van der Waals surface area contributed by atoms with Gasteiger partial charge >= 0.3 is 0 Å². The highest BCUT2D eigenvalue weighted by molar-refractivity contribution is 8.26. The molecule has 36 heavy (non-hydrogen) atoms. The predicted molar refractivity (Wildman–Crippen MR) is 148 cm³/mol. The number of pyridine rings is 1. The summed E-state index contributed by atoms with van der Waals surface area (Å²) in [5.74, 6) is 0.398. The molecule has 9 heteroatoms. The molecule has 0 N–H and O–H groups in total. The number of benzene rings is 1.